The Morgan fingerprint density at radius 1 is 1.12 bits per heavy atom. The summed E-state index contributed by atoms with van der Waals surface area (Å²) in [5, 5.41) is 18.7. The number of nitro groups is 1. The van der Waals surface area contributed by atoms with Crippen molar-refractivity contribution in [1.29, 1.82) is 0 Å². The molecule has 0 saturated heterocycles. The minimum absolute atomic E-state index is 0.0158. The van der Waals surface area contributed by atoms with Crippen LogP contribution in [0.1, 0.15) is 10.4 Å². The lowest BCUT2D eigenvalue weighted by molar-refractivity contribution is -0.384. The molecule has 1 aromatic heterocycles. The molecule has 0 aliphatic rings. The molecule has 0 fully saturated rings. The first-order valence-corrected chi connectivity index (χ1v) is 8.81. The van der Waals surface area contributed by atoms with Gasteiger partial charge in [0.05, 0.1) is 10.7 Å². The van der Waals surface area contributed by atoms with Crippen molar-refractivity contribution in [3.05, 3.63) is 68.7 Å². The minimum atomic E-state index is -0.480. The van der Waals surface area contributed by atoms with E-state index in [1.807, 2.05) is 0 Å². The summed E-state index contributed by atoms with van der Waals surface area (Å²) >= 11 is 4.46. The quantitative estimate of drug-likeness (QED) is 0.253. The molecule has 0 aliphatic carbocycles. The zero-order chi connectivity index (χ0) is 17.8. The first-order valence-electron chi connectivity index (χ1n) is 7.03. The van der Waals surface area contributed by atoms with Crippen molar-refractivity contribution in [3.63, 3.8) is 0 Å². The van der Waals surface area contributed by atoms with E-state index in [1.165, 1.54) is 24.3 Å². The van der Waals surface area contributed by atoms with Gasteiger partial charge in [-0.1, -0.05) is 39.8 Å². The Labute approximate surface area is 154 Å². The molecule has 3 rings (SSSR count). The number of benzene rings is 2. The molecule has 0 bridgehead atoms. The Hall–Kier alpha value is -2.52. The number of hydrogen-bond donors (Lipinski definition) is 0. The molecule has 1 heterocycles. The van der Waals surface area contributed by atoms with Gasteiger partial charge >= 0.3 is 0 Å². The van der Waals surface area contributed by atoms with E-state index in [1.54, 1.807) is 24.3 Å². The van der Waals surface area contributed by atoms with Gasteiger partial charge in [-0.3, -0.25) is 14.9 Å². The number of carbonyl (C=O) groups is 1. The summed E-state index contributed by atoms with van der Waals surface area (Å²) in [4.78, 5) is 22.3. The van der Waals surface area contributed by atoms with Crippen molar-refractivity contribution in [2.24, 2.45) is 0 Å². The smallest absolute Gasteiger partial charge is 0.277 e. The van der Waals surface area contributed by atoms with Gasteiger partial charge in [-0.15, -0.1) is 10.2 Å². The van der Waals surface area contributed by atoms with Crippen molar-refractivity contribution in [2.75, 3.05) is 5.75 Å². The van der Waals surface area contributed by atoms with Crippen LogP contribution in [0.4, 0.5) is 5.69 Å². The number of hydrogen-bond acceptors (Lipinski definition) is 7. The Kier molecular flexibility index (Phi) is 5.25. The Morgan fingerprint density at radius 3 is 2.44 bits per heavy atom. The number of nitrogens with zero attached hydrogens (tertiary/aromatic N) is 3. The number of aromatic nitrogens is 2. The first kappa shape index (κ1) is 17.3. The van der Waals surface area contributed by atoms with E-state index in [0.29, 0.717) is 11.1 Å². The fourth-order valence-electron chi connectivity index (χ4n) is 1.96. The van der Waals surface area contributed by atoms with Crippen LogP contribution >= 0.6 is 27.7 Å². The molecule has 0 N–H and O–H groups in total. The van der Waals surface area contributed by atoms with Crippen LogP contribution in [-0.4, -0.2) is 26.7 Å². The lowest BCUT2D eigenvalue weighted by Gasteiger charge is -1.99. The summed E-state index contributed by atoms with van der Waals surface area (Å²) in [7, 11) is 0. The Bertz CT molecular complexity index is 910. The van der Waals surface area contributed by atoms with Crippen LogP contribution in [0.15, 0.2) is 62.6 Å². The number of halogens is 1. The van der Waals surface area contributed by atoms with Gasteiger partial charge in [0.2, 0.25) is 5.89 Å². The molecule has 0 aliphatic heterocycles. The molecule has 3 aromatic rings. The van der Waals surface area contributed by atoms with Gasteiger partial charge in [-0.05, 0) is 24.3 Å². The molecule has 126 valence electrons. The minimum Gasteiger partial charge on any atom is -0.411 e. The molecule has 0 unspecified atom stereocenters. The summed E-state index contributed by atoms with van der Waals surface area (Å²) in [6, 6.07) is 12.9. The monoisotopic (exact) mass is 419 g/mol. The summed E-state index contributed by atoms with van der Waals surface area (Å²) < 4.78 is 6.39. The molecule has 7 nitrogen and oxygen atoms in total. The van der Waals surface area contributed by atoms with E-state index in [2.05, 4.69) is 26.1 Å². The molecular formula is C16H10BrN3O4S. The number of nitro benzene ring substituents is 1. The standard InChI is InChI=1S/C16H10BrN3O4S/c17-12-5-1-10(2-6-12)14(21)9-25-16-19-18-15(24-16)11-3-7-13(8-4-11)20(22)23/h1-8H,9H2. The summed E-state index contributed by atoms with van der Waals surface area (Å²) in [5.41, 5.74) is 1.16. The van der Waals surface area contributed by atoms with Gasteiger partial charge in [-0.25, -0.2) is 0 Å². The van der Waals surface area contributed by atoms with Crippen LogP contribution < -0.4 is 0 Å². The van der Waals surface area contributed by atoms with E-state index in [0.717, 1.165) is 16.2 Å². The molecule has 0 amide bonds. The maximum atomic E-state index is 12.1. The van der Waals surface area contributed by atoms with Gasteiger partial charge in [0.15, 0.2) is 5.78 Å². The predicted octanol–water partition coefficient (Wildman–Crippen LogP) is 4.38. The van der Waals surface area contributed by atoms with Gasteiger partial charge in [0.1, 0.15) is 0 Å². The highest BCUT2D eigenvalue weighted by atomic mass is 79.9. The van der Waals surface area contributed by atoms with Gasteiger partial charge in [0.25, 0.3) is 10.9 Å². The summed E-state index contributed by atoms with van der Waals surface area (Å²) in [6.07, 6.45) is 0. The molecule has 0 atom stereocenters. The maximum absolute atomic E-state index is 12.1. The van der Waals surface area contributed by atoms with Crippen molar-refractivity contribution in [1.82, 2.24) is 10.2 Å². The maximum Gasteiger partial charge on any atom is 0.277 e. The molecule has 0 radical (unpaired) electrons. The SMILES string of the molecule is O=C(CSc1nnc(-c2ccc([N+](=O)[O-])cc2)o1)c1ccc(Br)cc1. The fourth-order valence-corrected chi connectivity index (χ4v) is 2.88. The highest BCUT2D eigenvalue weighted by molar-refractivity contribution is 9.10. The second kappa shape index (κ2) is 7.58. The summed E-state index contributed by atoms with van der Waals surface area (Å²) in [6.45, 7) is 0. The number of ketones is 1. The largest absolute Gasteiger partial charge is 0.411 e. The van der Waals surface area contributed by atoms with Crippen molar-refractivity contribution < 1.29 is 14.1 Å². The Morgan fingerprint density at radius 2 is 1.80 bits per heavy atom. The van der Waals surface area contributed by atoms with E-state index in [9.17, 15) is 14.9 Å². The Balaban J connectivity index is 1.64. The number of Topliss-reactive ketones (excluding diaryl/α,β-unsaturated/α-hetero) is 1. The zero-order valence-corrected chi connectivity index (χ0v) is 15.0. The van der Waals surface area contributed by atoms with Crippen LogP contribution in [0, 0.1) is 10.1 Å². The summed E-state index contributed by atoms with van der Waals surface area (Å²) in [5.74, 6) is 0.366. The molecule has 0 spiro atoms. The zero-order valence-electron chi connectivity index (χ0n) is 12.6. The third-order valence-electron chi connectivity index (χ3n) is 3.22. The second-order valence-electron chi connectivity index (χ2n) is 4.90. The second-order valence-corrected chi connectivity index (χ2v) is 6.74. The van der Waals surface area contributed by atoms with E-state index in [4.69, 9.17) is 4.42 Å². The fraction of sp³-hybridized carbons (Fsp3) is 0.0625. The number of non-ortho nitro benzene ring substituents is 1. The van der Waals surface area contributed by atoms with Crippen LogP contribution in [0.5, 0.6) is 0 Å². The van der Waals surface area contributed by atoms with Gasteiger partial charge < -0.3 is 4.42 Å². The van der Waals surface area contributed by atoms with Crippen LogP contribution in [-0.2, 0) is 0 Å². The average Bonchev–Trinajstić information content (AvgIpc) is 3.09. The van der Waals surface area contributed by atoms with E-state index < -0.39 is 4.92 Å². The molecule has 2 aromatic carbocycles. The molecular weight excluding hydrogens is 410 g/mol. The highest BCUT2D eigenvalue weighted by Gasteiger charge is 2.13. The number of carbonyl (C=O) groups excluding carboxylic acids is 1. The van der Waals surface area contributed by atoms with E-state index >= 15 is 0 Å². The lowest BCUT2D eigenvalue weighted by atomic mass is 10.2. The predicted molar refractivity (Wildman–Crippen MR) is 95.6 cm³/mol. The number of thioether (sulfide) groups is 1. The van der Waals surface area contributed by atoms with Crippen LogP contribution in [0.3, 0.4) is 0 Å². The molecule has 9 heteroatoms. The van der Waals surface area contributed by atoms with E-state index in [-0.39, 0.29) is 28.3 Å². The topological polar surface area (TPSA) is 99.1 Å². The van der Waals surface area contributed by atoms with Crippen molar-refractivity contribution >= 4 is 39.2 Å². The van der Waals surface area contributed by atoms with Gasteiger partial charge in [-0.2, -0.15) is 0 Å². The van der Waals surface area contributed by atoms with Crippen LogP contribution in [0.2, 0.25) is 0 Å². The van der Waals surface area contributed by atoms with Crippen molar-refractivity contribution in [3.8, 4) is 11.5 Å². The average molecular weight is 420 g/mol. The van der Waals surface area contributed by atoms with Crippen molar-refractivity contribution in [2.45, 2.75) is 5.22 Å². The molecule has 0 saturated carbocycles. The third kappa shape index (κ3) is 4.31. The lowest BCUT2D eigenvalue weighted by Crippen LogP contribution is -2.01. The third-order valence-corrected chi connectivity index (χ3v) is 4.57. The first-order chi connectivity index (χ1) is 12.0. The normalized spacial score (nSPS) is 10.6. The van der Waals surface area contributed by atoms with Gasteiger partial charge in [0, 0.05) is 27.7 Å². The molecule has 25 heavy (non-hydrogen) atoms. The number of rotatable bonds is 6. The van der Waals surface area contributed by atoms with Crippen LogP contribution in [0.25, 0.3) is 11.5 Å². The highest BCUT2D eigenvalue weighted by Crippen LogP contribution is 2.25.